The minimum atomic E-state index is -4.00. The SMILES string of the molecule is CC(C)(NS(=O)(=O)c1ccc2c(N(Cl)C(=N)N)cncc2c1)C(N)=O.Cl. The first-order chi connectivity index (χ1) is 11.5. The number of guanidine groups is 1. The Labute approximate surface area is 161 Å². The lowest BCUT2D eigenvalue weighted by atomic mass is 10.1. The van der Waals surface area contributed by atoms with Gasteiger partial charge in [-0.1, -0.05) is 6.07 Å². The van der Waals surface area contributed by atoms with Gasteiger partial charge in [-0.2, -0.15) is 4.72 Å². The maximum Gasteiger partial charge on any atom is 0.241 e. The van der Waals surface area contributed by atoms with Crippen LogP contribution in [0.3, 0.4) is 0 Å². The topological polar surface area (TPSA) is 155 Å². The highest BCUT2D eigenvalue weighted by Gasteiger charge is 2.31. The number of hydrogen-bond donors (Lipinski definition) is 4. The van der Waals surface area contributed by atoms with E-state index in [0.29, 0.717) is 16.5 Å². The summed E-state index contributed by atoms with van der Waals surface area (Å²) >= 11 is 5.93. The van der Waals surface area contributed by atoms with Gasteiger partial charge in [0.2, 0.25) is 21.9 Å². The number of carbonyl (C=O) groups excluding carboxylic acids is 1. The van der Waals surface area contributed by atoms with Gasteiger partial charge in [-0.3, -0.25) is 15.2 Å². The fraction of sp³-hybridized carbons (Fsp3) is 0.214. The minimum Gasteiger partial charge on any atom is -0.369 e. The second kappa shape index (κ2) is 7.62. The van der Waals surface area contributed by atoms with Crippen molar-refractivity contribution < 1.29 is 13.2 Å². The summed E-state index contributed by atoms with van der Waals surface area (Å²) in [5.74, 6) is -1.21. The van der Waals surface area contributed by atoms with Crippen LogP contribution in [0.15, 0.2) is 35.5 Å². The summed E-state index contributed by atoms with van der Waals surface area (Å²) in [4.78, 5) is 15.3. The Morgan fingerprint density at radius 3 is 2.46 bits per heavy atom. The van der Waals surface area contributed by atoms with Gasteiger partial charge in [0.1, 0.15) is 5.54 Å². The molecule has 1 aromatic carbocycles. The minimum absolute atomic E-state index is 0. The van der Waals surface area contributed by atoms with Crippen molar-refractivity contribution in [3.63, 3.8) is 0 Å². The predicted octanol–water partition coefficient (Wildman–Crippen LogP) is 1.05. The van der Waals surface area contributed by atoms with Crippen molar-refractivity contribution in [3.8, 4) is 0 Å². The van der Waals surface area contributed by atoms with Gasteiger partial charge >= 0.3 is 0 Å². The molecule has 6 N–H and O–H groups in total. The summed E-state index contributed by atoms with van der Waals surface area (Å²) < 4.78 is 28.1. The van der Waals surface area contributed by atoms with Crippen LogP contribution in [0.5, 0.6) is 0 Å². The van der Waals surface area contributed by atoms with E-state index in [4.69, 9.17) is 28.7 Å². The summed E-state index contributed by atoms with van der Waals surface area (Å²) in [5.41, 5.74) is 9.44. The lowest BCUT2D eigenvalue weighted by Gasteiger charge is -2.22. The number of nitrogens with one attached hydrogen (secondary N) is 2. The highest BCUT2D eigenvalue weighted by atomic mass is 35.5. The molecule has 0 saturated carbocycles. The number of sulfonamides is 1. The first-order valence-corrected chi connectivity index (χ1v) is 8.79. The average Bonchev–Trinajstić information content (AvgIpc) is 2.51. The quantitative estimate of drug-likeness (QED) is 0.321. The summed E-state index contributed by atoms with van der Waals surface area (Å²) in [6.07, 6.45) is 2.85. The molecular formula is C14H18Cl2N6O3S. The smallest absolute Gasteiger partial charge is 0.241 e. The van der Waals surface area contributed by atoms with Crippen LogP contribution in [0.2, 0.25) is 0 Å². The molecule has 0 saturated heterocycles. The maximum absolute atomic E-state index is 12.5. The van der Waals surface area contributed by atoms with Gasteiger partial charge in [0.25, 0.3) is 0 Å². The summed E-state index contributed by atoms with van der Waals surface area (Å²) in [5, 5.41) is 8.40. The number of benzene rings is 1. The molecule has 0 atom stereocenters. The number of hydrogen-bond acceptors (Lipinski definition) is 5. The monoisotopic (exact) mass is 420 g/mol. The van der Waals surface area contributed by atoms with Gasteiger partial charge in [0, 0.05) is 28.7 Å². The molecule has 0 aliphatic heterocycles. The van der Waals surface area contributed by atoms with Crippen LogP contribution in [-0.4, -0.2) is 30.8 Å². The van der Waals surface area contributed by atoms with Crippen molar-refractivity contribution in [2.24, 2.45) is 11.5 Å². The fourth-order valence-corrected chi connectivity index (χ4v) is 3.59. The molecule has 0 spiro atoms. The molecule has 2 rings (SSSR count). The molecule has 0 bridgehead atoms. The Kier molecular flexibility index (Phi) is 6.42. The number of fused-ring (bicyclic) bond motifs is 1. The van der Waals surface area contributed by atoms with E-state index in [2.05, 4.69) is 9.71 Å². The van der Waals surface area contributed by atoms with Crippen LogP contribution in [0.4, 0.5) is 5.69 Å². The molecule has 1 aromatic heterocycles. The Hall–Kier alpha value is -2.14. The number of amides is 1. The summed E-state index contributed by atoms with van der Waals surface area (Å²) in [6.45, 7) is 2.73. The largest absolute Gasteiger partial charge is 0.369 e. The van der Waals surface area contributed by atoms with Crippen LogP contribution < -0.4 is 20.6 Å². The van der Waals surface area contributed by atoms with Crippen molar-refractivity contribution in [3.05, 3.63) is 30.6 Å². The van der Waals surface area contributed by atoms with Crippen molar-refractivity contribution in [2.75, 3.05) is 4.42 Å². The zero-order valence-corrected chi connectivity index (χ0v) is 16.2. The van der Waals surface area contributed by atoms with Crippen LogP contribution >= 0.6 is 24.2 Å². The van der Waals surface area contributed by atoms with Crippen molar-refractivity contribution in [1.29, 1.82) is 5.41 Å². The van der Waals surface area contributed by atoms with Gasteiger partial charge in [0.15, 0.2) is 0 Å². The standard InChI is InChI=1S/C14H17ClN6O3S.ClH/c1-14(2,12(16)22)20-25(23,24)9-3-4-10-8(5-9)6-19-7-11(10)21(15)13(17)18;/h3-7,20H,1-2H3,(H2,16,22)(H3,17,18);1H. The second-order valence-corrected chi connectivity index (χ2v) is 7.82. The Balaban J connectivity index is 0.00000338. The number of pyridine rings is 1. The Morgan fingerprint density at radius 1 is 1.31 bits per heavy atom. The molecule has 2 aromatic rings. The van der Waals surface area contributed by atoms with Crippen LogP contribution in [-0.2, 0) is 14.8 Å². The zero-order chi connectivity index (χ0) is 19.0. The Morgan fingerprint density at radius 2 is 1.92 bits per heavy atom. The first kappa shape index (κ1) is 21.9. The Bertz CT molecular complexity index is 964. The molecule has 0 radical (unpaired) electrons. The molecule has 0 aliphatic carbocycles. The number of rotatable bonds is 5. The predicted molar refractivity (Wildman–Crippen MR) is 103 cm³/mol. The van der Waals surface area contributed by atoms with Gasteiger partial charge in [-0.05, 0) is 26.0 Å². The third kappa shape index (κ3) is 4.33. The van der Waals surface area contributed by atoms with E-state index in [0.717, 1.165) is 4.42 Å². The van der Waals surface area contributed by atoms with Crippen molar-refractivity contribution >= 4 is 62.5 Å². The number of nitrogens with two attached hydrogens (primary N) is 2. The van der Waals surface area contributed by atoms with Crippen molar-refractivity contribution in [2.45, 2.75) is 24.3 Å². The highest BCUT2D eigenvalue weighted by molar-refractivity contribution is 7.89. The number of primary amides is 1. The zero-order valence-electron chi connectivity index (χ0n) is 13.9. The molecule has 1 amide bonds. The first-order valence-electron chi connectivity index (χ1n) is 6.97. The second-order valence-electron chi connectivity index (χ2n) is 5.80. The van der Waals surface area contributed by atoms with E-state index >= 15 is 0 Å². The van der Waals surface area contributed by atoms with Gasteiger partial charge in [-0.25, -0.2) is 12.8 Å². The average molecular weight is 421 g/mol. The molecule has 9 nitrogen and oxygen atoms in total. The third-order valence-electron chi connectivity index (χ3n) is 3.45. The number of nitrogens with zero attached hydrogens (tertiary/aromatic N) is 2. The van der Waals surface area contributed by atoms with E-state index < -0.39 is 27.4 Å². The maximum atomic E-state index is 12.5. The van der Waals surface area contributed by atoms with Crippen molar-refractivity contribution in [1.82, 2.24) is 9.71 Å². The number of anilines is 1. The van der Waals surface area contributed by atoms with Crippen LogP contribution in [0, 0.1) is 5.41 Å². The fourth-order valence-electron chi connectivity index (χ4n) is 2.04. The highest BCUT2D eigenvalue weighted by Crippen LogP contribution is 2.28. The number of aromatic nitrogens is 1. The molecule has 1 heterocycles. The molecule has 0 aliphatic rings. The van der Waals surface area contributed by atoms with E-state index in [1.54, 1.807) is 0 Å². The molecule has 12 heteroatoms. The van der Waals surface area contributed by atoms with Gasteiger partial charge in [-0.15, -0.1) is 12.4 Å². The summed E-state index contributed by atoms with van der Waals surface area (Å²) in [6, 6.07) is 4.22. The van der Waals surface area contributed by atoms with E-state index in [9.17, 15) is 13.2 Å². The normalized spacial score (nSPS) is 11.7. The lowest BCUT2D eigenvalue weighted by Crippen LogP contribution is -2.52. The van der Waals surface area contributed by atoms with Gasteiger partial charge in [0.05, 0.1) is 16.8 Å². The summed E-state index contributed by atoms with van der Waals surface area (Å²) in [7, 11) is -4.00. The molecule has 0 fully saturated rings. The molecule has 142 valence electrons. The molecule has 26 heavy (non-hydrogen) atoms. The van der Waals surface area contributed by atoms with Gasteiger partial charge < -0.3 is 11.5 Å². The third-order valence-corrected chi connectivity index (χ3v) is 5.47. The molecule has 0 unspecified atom stereocenters. The lowest BCUT2D eigenvalue weighted by molar-refractivity contribution is -0.122. The van der Waals surface area contributed by atoms with E-state index in [1.807, 2.05) is 0 Å². The number of carbonyl (C=O) groups is 1. The molecular weight excluding hydrogens is 403 g/mol. The number of halogens is 2. The van der Waals surface area contributed by atoms with E-state index in [1.165, 1.54) is 44.4 Å². The van der Waals surface area contributed by atoms with E-state index in [-0.39, 0.29) is 17.3 Å². The van der Waals surface area contributed by atoms with Crippen LogP contribution in [0.1, 0.15) is 13.8 Å². The van der Waals surface area contributed by atoms with Crippen LogP contribution in [0.25, 0.3) is 10.8 Å².